The smallest absolute Gasteiger partial charge is 0.305 e. The largest absolute Gasteiger partial charge is 0.545 e. The van der Waals surface area contributed by atoms with Gasteiger partial charge >= 0.3 is 5.97 Å². The van der Waals surface area contributed by atoms with Crippen LogP contribution in [0.2, 0.25) is 0 Å². The molecule has 0 aliphatic carbocycles. The van der Waals surface area contributed by atoms with Gasteiger partial charge in [0.15, 0.2) is 0 Å². The molecule has 0 aromatic heterocycles. The molecule has 0 aliphatic rings. The second-order valence-corrected chi connectivity index (χ2v) is 12.2. The quantitative estimate of drug-likeness (QED) is 0.0317. The van der Waals surface area contributed by atoms with Crippen LogP contribution in [0.1, 0.15) is 181 Å². The van der Waals surface area contributed by atoms with Crippen LogP contribution in [0.5, 0.6) is 0 Å². The third-order valence-corrected chi connectivity index (χ3v) is 8.31. The van der Waals surface area contributed by atoms with Crippen LogP contribution < -0.4 is 5.73 Å². The molecule has 0 rings (SSSR count). The van der Waals surface area contributed by atoms with Gasteiger partial charge in [-0.05, 0) is 64.2 Å². The predicted octanol–water partition coefficient (Wildman–Crippen LogP) is 9.94. The van der Waals surface area contributed by atoms with Crippen LogP contribution in [0.15, 0.2) is 0 Å². The number of nitrogens with two attached hydrogens (primary N) is 1. The Balaban J connectivity index is -0.00000495. The summed E-state index contributed by atoms with van der Waals surface area (Å²) in [5, 5.41) is 0. The molecule has 0 amide bonds. The van der Waals surface area contributed by atoms with E-state index < -0.39 is 0 Å². The Kier molecular flexibility index (Phi) is 45.5. The summed E-state index contributed by atoms with van der Waals surface area (Å²) in [4.78, 5) is 22.3. The predicted molar refractivity (Wildman–Crippen MR) is 179 cm³/mol. The fourth-order valence-electron chi connectivity index (χ4n) is 5.66. The Morgan fingerprint density at radius 1 is 0.595 bits per heavy atom. The Morgan fingerprint density at radius 2 is 1.02 bits per heavy atom. The topological polar surface area (TPSA) is 72.6 Å². The third-order valence-electron chi connectivity index (χ3n) is 8.31. The van der Waals surface area contributed by atoms with E-state index in [1.54, 1.807) is 0 Å². The molecule has 0 fully saturated rings. The second kappa shape index (κ2) is 41.1. The van der Waals surface area contributed by atoms with Crippen LogP contribution in [-0.4, -0.2) is 50.4 Å². The van der Waals surface area contributed by atoms with Gasteiger partial charge in [-0.1, -0.05) is 143 Å². The molecule has 250 valence electrons. The molecule has 42 heavy (non-hydrogen) atoms. The Labute approximate surface area is 287 Å². The first-order valence-corrected chi connectivity index (χ1v) is 18.0. The summed E-state index contributed by atoms with van der Waals surface area (Å²) in [5.41, 5.74) is 5.81. The van der Waals surface area contributed by atoms with Gasteiger partial charge in [-0.25, -0.2) is 0 Å². The molecular formula is C36H73N2O3U-. The number of rotatable bonds is 32. The normalized spacial score (nSPS) is 11.5. The summed E-state index contributed by atoms with van der Waals surface area (Å²) < 4.78 is 5.37. The zero-order valence-corrected chi connectivity index (χ0v) is 32.8. The molecule has 0 aromatic rings. The van der Waals surface area contributed by atoms with Gasteiger partial charge in [-0.3, -0.25) is 11.6 Å². The van der Waals surface area contributed by atoms with Gasteiger partial charge in [-0.2, -0.15) is 0 Å². The van der Waals surface area contributed by atoms with Crippen LogP contribution in [0.3, 0.4) is 0 Å². The van der Waals surface area contributed by atoms with Crippen LogP contribution in [0.4, 0.5) is 0 Å². The fourth-order valence-corrected chi connectivity index (χ4v) is 5.66. The molecule has 0 bridgehead atoms. The van der Waals surface area contributed by atoms with E-state index in [0.29, 0.717) is 13.0 Å². The zero-order chi connectivity index (χ0) is 30.7. The van der Waals surface area contributed by atoms with E-state index in [1.807, 2.05) is 0 Å². The summed E-state index contributed by atoms with van der Waals surface area (Å²) in [5.74, 6) is 0.990. The third kappa shape index (κ3) is 36.3. The number of ether oxygens (including phenoxy) is 1. The number of unbranched alkanes of at least 4 members (excludes halogenated alkanes) is 15. The van der Waals surface area contributed by atoms with Crippen LogP contribution in [-0.2, 0) is 14.3 Å². The molecule has 0 aromatic carbocycles. The van der Waals surface area contributed by atoms with E-state index in [2.05, 4.69) is 32.5 Å². The number of carbonyl (C=O) groups excluding carboxylic acids is 2. The summed E-state index contributed by atoms with van der Waals surface area (Å²) in [7, 11) is 0. The molecule has 0 heterocycles. The van der Waals surface area contributed by atoms with Gasteiger partial charge in [-0.15, -0.1) is 0 Å². The number of hydrogen-bond donors (Lipinski definition) is 1. The molecule has 1 atom stereocenters. The fraction of sp³-hybridized carbons (Fsp3) is 0.944. The summed E-state index contributed by atoms with van der Waals surface area (Å²) >= 11 is 0. The SMILES string of the molecule is CCCCCCCOC(=O)CCCCCCCN(CCCN)CCCCCCCC(CCCC)CCCCC.[CH-]=O.[U]. The van der Waals surface area contributed by atoms with Crippen molar-refractivity contribution in [2.75, 3.05) is 32.8 Å². The molecule has 5 nitrogen and oxygen atoms in total. The van der Waals surface area contributed by atoms with Crippen LogP contribution in [0, 0.1) is 37.0 Å². The van der Waals surface area contributed by atoms with E-state index >= 15 is 0 Å². The maximum atomic E-state index is 11.9. The van der Waals surface area contributed by atoms with Gasteiger partial charge in [0.25, 0.3) is 0 Å². The van der Waals surface area contributed by atoms with E-state index in [9.17, 15) is 4.79 Å². The van der Waals surface area contributed by atoms with E-state index in [-0.39, 0.29) is 37.1 Å². The van der Waals surface area contributed by atoms with Crippen molar-refractivity contribution in [3.63, 3.8) is 0 Å². The summed E-state index contributed by atoms with van der Waals surface area (Å²) in [6.07, 6.45) is 31.9. The molecule has 0 saturated heterocycles. The minimum absolute atomic E-state index is 0. The van der Waals surface area contributed by atoms with Crippen molar-refractivity contribution in [1.82, 2.24) is 4.90 Å². The Morgan fingerprint density at radius 3 is 1.62 bits per heavy atom. The van der Waals surface area contributed by atoms with Crippen molar-refractivity contribution in [1.29, 1.82) is 0 Å². The van der Waals surface area contributed by atoms with Crippen molar-refractivity contribution in [2.45, 2.75) is 181 Å². The maximum absolute atomic E-state index is 11.9. The summed E-state index contributed by atoms with van der Waals surface area (Å²) in [6, 6.07) is 0. The Hall–Kier alpha value is 0.112. The van der Waals surface area contributed by atoms with Crippen LogP contribution >= 0.6 is 0 Å². The van der Waals surface area contributed by atoms with Gasteiger partial charge < -0.3 is 20.2 Å². The summed E-state index contributed by atoms with van der Waals surface area (Å²) in [6.45, 7) is 15.1. The van der Waals surface area contributed by atoms with Crippen LogP contribution in [0.25, 0.3) is 0 Å². The first-order chi connectivity index (χ1) is 20.2. The van der Waals surface area contributed by atoms with Crippen molar-refractivity contribution < 1.29 is 45.4 Å². The monoisotopic (exact) mass is 820 g/mol. The molecule has 0 saturated carbocycles. The van der Waals surface area contributed by atoms with Gasteiger partial charge in [0.2, 0.25) is 0 Å². The van der Waals surface area contributed by atoms with Gasteiger partial charge in [0.1, 0.15) is 0 Å². The Bertz CT molecular complexity index is 510. The van der Waals surface area contributed by atoms with Crippen molar-refractivity contribution in [3.8, 4) is 0 Å². The van der Waals surface area contributed by atoms with Gasteiger partial charge in [0, 0.05) is 37.5 Å². The average Bonchev–Trinajstić information content (AvgIpc) is 2.99. The number of carbonyl (C=O) groups is 1. The molecule has 0 aliphatic heterocycles. The molecule has 6 heteroatoms. The molecular weight excluding hydrogens is 746 g/mol. The first-order valence-electron chi connectivity index (χ1n) is 18.0. The minimum atomic E-state index is 0. The molecule has 1 unspecified atom stereocenters. The number of hydrogen-bond acceptors (Lipinski definition) is 5. The standard InChI is InChI=1S/C35H72N2O2.CHO.U/c1-4-7-10-17-23-33-39-35(38)28-20-14-12-16-22-31-37(32-24-29-36)30-21-15-11-13-19-27-34(25-9-6-3)26-18-8-5-2;1-2;/h34H,4-33,36H2,1-3H3;1H;/q;-1;. The number of esters is 1. The van der Waals surface area contributed by atoms with E-state index in [0.717, 1.165) is 44.7 Å². The zero-order valence-electron chi connectivity index (χ0n) is 28.6. The molecule has 0 radical (unpaired) electrons. The molecule has 2 N–H and O–H groups in total. The minimum Gasteiger partial charge on any atom is -0.545 e. The average molecular weight is 820 g/mol. The van der Waals surface area contributed by atoms with E-state index in [1.165, 1.54) is 142 Å². The maximum Gasteiger partial charge on any atom is 0.305 e. The molecule has 0 spiro atoms. The number of nitrogens with zero attached hydrogens (tertiary/aromatic N) is 1. The van der Waals surface area contributed by atoms with Crippen molar-refractivity contribution in [2.24, 2.45) is 11.7 Å². The first kappa shape index (κ1) is 46.5. The van der Waals surface area contributed by atoms with Crippen molar-refractivity contribution >= 4 is 12.8 Å². The van der Waals surface area contributed by atoms with Gasteiger partial charge in [0.05, 0.1) is 6.61 Å². The second-order valence-electron chi connectivity index (χ2n) is 12.2. The van der Waals surface area contributed by atoms with E-state index in [4.69, 9.17) is 15.3 Å². The van der Waals surface area contributed by atoms with Crippen molar-refractivity contribution in [3.05, 3.63) is 0 Å².